The summed E-state index contributed by atoms with van der Waals surface area (Å²) in [5.74, 6) is 1.75. The van der Waals surface area contributed by atoms with Crippen molar-refractivity contribution in [2.75, 3.05) is 34.4 Å². The summed E-state index contributed by atoms with van der Waals surface area (Å²) in [6.45, 7) is 4.43. The van der Waals surface area contributed by atoms with E-state index in [9.17, 15) is 4.79 Å². The number of hydrogen-bond acceptors (Lipinski definition) is 13. The Bertz CT molecular complexity index is 3000. The molecule has 1 saturated heterocycles. The molecule has 1 fully saturated rings. The van der Waals surface area contributed by atoms with Gasteiger partial charge in [-0.3, -0.25) is 4.40 Å². The number of amides is 1. The Kier molecular flexibility index (Phi) is 12.4. The van der Waals surface area contributed by atoms with Crippen molar-refractivity contribution in [1.82, 2.24) is 38.8 Å². The van der Waals surface area contributed by atoms with E-state index in [0.717, 1.165) is 5.56 Å². The van der Waals surface area contributed by atoms with Crippen molar-refractivity contribution in [3.63, 3.8) is 0 Å². The van der Waals surface area contributed by atoms with Gasteiger partial charge in [-0.25, -0.2) is 31.3 Å². The Labute approximate surface area is 377 Å². The number of benzene rings is 4. The summed E-state index contributed by atoms with van der Waals surface area (Å²) in [5, 5.41) is 11.7. The van der Waals surface area contributed by atoms with E-state index in [1.807, 2.05) is 12.1 Å². The summed E-state index contributed by atoms with van der Waals surface area (Å²) < 4.78 is 88.9. The van der Waals surface area contributed by atoms with Gasteiger partial charge in [-0.05, 0) is 102 Å². The fourth-order valence-electron chi connectivity index (χ4n) is 7.55. The molecular weight excluding hydrogens is 873 g/mol. The molecule has 4 heterocycles. The lowest BCUT2D eigenvalue weighted by atomic mass is 10.0. The van der Waals surface area contributed by atoms with Gasteiger partial charge in [0.1, 0.15) is 38.6 Å². The first-order valence-electron chi connectivity index (χ1n) is 20.6. The van der Waals surface area contributed by atoms with Crippen LogP contribution in [0.2, 0.25) is 0 Å². The van der Waals surface area contributed by atoms with Gasteiger partial charge in [-0.1, -0.05) is 48.5 Å². The maximum Gasteiger partial charge on any atom is 0.410 e. The van der Waals surface area contributed by atoms with Crippen LogP contribution in [0.15, 0.2) is 125 Å². The topological polar surface area (TPSA) is 190 Å². The molecule has 1 aliphatic rings. The first kappa shape index (κ1) is 44.8. The van der Waals surface area contributed by atoms with Crippen LogP contribution in [0.4, 0.5) is 4.79 Å². The number of sulfone groups is 1. The quantitative estimate of drug-likeness (QED) is 0.108. The van der Waals surface area contributed by atoms with E-state index in [1.54, 1.807) is 130 Å². The molecule has 19 heteroatoms. The van der Waals surface area contributed by atoms with Crippen molar-refractivity contribution >= 4 is 31.6 Å². The molecule has 0 bridgehead atoms. The maximum absolute atomic E-state index is 16.2. The number of pyridine rings is 1. The Morgan fingerprint density at radius 3 is 1.88 bits per heavy atom. The zero-order valence-electron chi connectivity index (χ0n) is 36.7. The van der Waals surface area contributed by atoms with Gasteiger partial charge in [0.2, 0.25) is 10.0 Å². The molecule has 65 heavy (non-hydrogen) atoms. The molecule has 1 aliphatic heterocycles. The third-order valence-electron chi connectivity index (χ3n) is 11.0. The van der Waals surface area contributed by atoms with E-state index in [-0.39, 0.29) is 44.1 Å². The number of nitrogens with zero attached hydrogens (tertiary/aromatic N) is 8. The molecular formula is C46H48N8O9S2. The van der Waals surface area contributed by atoms with Crippen molar-refractivity contribution < 1.29 is 40.6 Å². The molecule has 7 aromatic rings. The second-order valence-corrected chi connectivity index (χ2v) is 20.5. The number of methoxy groups -OCH3 is 3. The van der Waals surface area contributed by atoms with Gasteiger partial charge in [0.05, 0.1) is 44.0 Å². The molecule has 0 saturated carbocycles. The summed E-state index contributed by atoms with van der Waals surface area (Å²) in [4.78, 5) is 17.8. The number of carbonyl (C=O) groups excluding carboxylic acids is 1. The Morgan fingerprint density at radius 2 is 1.32 bits per heavy atom. The standard InChI is InChI=1S/C46H48N8O9S2/c1-46(2,3)63-45(55)51-29-37(30-51)64(56,57)40-23-22-38(39-8-7-9-41-47-24-25-53(39)41)42(44-48-49-50-54(44)28-33-14-20-36(62-6)21-15-33)43(40)65(58,59)52(26-31-10-16-34(60-4)17-11-31)27-32-12-18-35(61-5)19-13-32/h7-25,37H,26-30H2,1-6H3. The van der Waals surface area contributed by atoms with Crippen LogP contribution in [-0.4, -0.2) is 107 Å². The molecule has 4 aromatic carbocycles. The lowest BCUT2D eigenvalue weighted by molar-refractivity contribution is 0.0139. The van der Waals surface area contributed by atoms with Crippen LogP contribution in [0.25, 0.3) is 28.3 Å². The zero-order valence-corrected chi connectivity index (χ0v) is 38.3. The molecule has 0 N–H and O–H groups in total. The molecule has 17 nitrogen and oxygen atoms in total. The minimum Gasteiger partial charge on any atom is -0.497 e. The number of sulfonamides is 1. The van der Waals surface area contributed by atoms with Crippen molar-refractivity contribution in [3.8, 4) is 39.9 Å². The third-order valence-corrected chi connectivity index (χ3v) is 15.1. The molecule has 0 spiro atoms. The van der Waals surface area contributed by atoms with Gasteiger partial charge in [-0.2, -0.15) is 4.31 Å². The van der Waals surface area contributed by atoms with Gasteiger partial charge >= 0.3 is 6.09 Å². The smallest absolute Gasteiger partial charge is 0.410 e. The Morgan fingerprint density at radius 1 is 0.754 bits per heavy atom. The fraction of sp³-hybridized carbons (Fsp3) is 0.283. The van der Waals surface area contributed by atoms with Gasteiger partial charge in [-0.15, -0.1) is 5.10 Å². The normalized spacial score (nSPS) is 13.5. The monoisotopic (exact) mass is 920 g/mol. The number of imidazole rings is 1. The molecule has 0 aliphatic carbocycles. The minimum atomic E-state index is -4.90. The SMILES string of the molecule is COc1ccc(CN(Cc2ccc(OC)cc2)S(=O)(=O)c2c(S(=O)(=O)C3CN(C(=O)OC(C)(C)C)C3)ccc(-c3cccc4nccn34)c2-c2nnnn2Cc2ccc(OC)cc2)cc1. The molecule has 0 radical (unpaired) electrons. The summed E-state index contributed by atoms with van der Waals surface area (Å²) in [6, 6.07) is 29.4. The molecule has 8 rings (SSSR count). The van der Waals surface area contributed by atoms with E-state index in [2.05, 4.69) is 20.5 Å². The summed E-state index contributed by atoms with van der Waals surface area (Å²) in [6.07, 6.45) is 2.66. The highest BCUT2D eigenvalue weighted by molar-refractivity contribution is 7.94. The fourth-order valence-corrected chi connectivity index (χ4v) is 11.6. The summed E-state index contributed by atoms with van der Waals surface area (Å²) in [7, 11) is -4.82. The van der Waals surface area contributed by atoms with Crippen LogP contribution in [0.3, 0.4) is 0 Å². The number of tetrazole rings is 1. The Balaban J connectivity index is 1.38. The second-order valence-electron chi connectivity index (χ2n) is 16.4. The molecule has 0 atom stereocenters. The van der Waals surface area contributed by atoms with Crippen molar-refractivity contribution in [1.29, 1.82) is 0 Å². The first-order valence-corrected chi connectivity index (χ1v) is 23.5. The zero-order chi connectivity index (χ0) is 46.1. The molecule has 338 valence electrons. The third kappa shape index (κ3) is 9.25. The predicted molar refractivity (Wildman–Crippen MR) is 241 cm³/mol. The largest absolute Gasteiger partial charge is 0.497 e. The number of rotatable bonds is 15. The lowest BCUT2D eigenvalue weighted by Gasteiger charge is -2.39. The average Bonchev–Trinajstić information content (AvgIpc) is 3.95. The molecule has 0 unspecified atom stereocenters. The van der Waals surface area contributed by atoms with Crippen molar-refractivity contribution in [2.24, 2.45) is 0 Å². The van der Waals surface area contributed by atoms with E-state index in [0.29, 0.717) is 45.3 Å². The van der Waals surface area contributed by atoms with Crippen LogP contribution in [-0.2, 0) is 44.2 Å². The maximum atomic E-state index is 16.2. The molecule has 1 amide bonds. The van der Waals surface area contributed by atoms with Gasteiger partial charge in [0, 0.05) is 44.1 Å². The van der Waals surface area contributed by atoms with E-state index in [4.69, 9.17) is 18.9 Å². The number of aromatic nitrogens is 6. The summed E-state index contributed by atoms with van der Waals surface area (Å²) in [5.41, 5.74) is 2.45. The second kappa shape index (κ2) is 18.0. The number of likely N-dealkylation sites (tertiary alicyclic amines) is 1. The predicted octanol–water partition coefficient (Wildman–Crippen LogP) is 6.51. The molecule has 3 aromatic heterocycles. The minimum absolute atomic E-state index is 0.0126. The van der Waals surface area contributed by atoms with Crippen LogP contribution >= 0.6 is 0 Å². The van der Waals surface area contributed by atoms with Gasteiger partial charge in [0.25, 0.3) is 0 Å². The van der Waals surface area contributed by atoms with Crippen LogP contribution in [0, 0.1) is 0 Å². The number of hydrogen-bond donors (Lipinski definition) is 0. The highest BCUT2D eigenvalue weighted by Gasteiger charge is 2.46. The highest BCUT2D eigenvalue weighted by atomic mass is 32.2. The van der Waals surface area contributed by atoms with Crippen molar-refractivity contribution in [2.45, 2.75) is 61.0 Å². The number of ether oxygens (including phenoxy) is 4. The lowest BCUT2D eigenvalue weighted by Crippen LogP contribution is -2.57. The van der Waals surface area contributed by atoms with E-state index in [1.165, 1.54) is 34.2 Å². The number of fused-ring (bicyclic) bond motifs is 1. The van der Waals surface area contributed by atoms with Gasteiger partial charge < -0.3 is 23.8 Å². The summed E-state index contributed by atoms with van der Waals surface area (Å²) >= 11 is 0. The Hall–Kier alpha value is -6.83. The average molecular weight is 921 g/mol. The van der Waals surface area contributed by atoms with Crippen molar-refractivity contribution in [3.05, 3.63) is 132 Å². The van der Waals surface area contributed by atoms with E-state index >= 15 is 16.8 Å². The van der Waals surface area contributed by atoms with Crippen LogP contribution in [0.1, 0.15) is 37.5 Å². The van der Waals surface area contributed by atoms with E-state index < -0.39 is 46.6 Å². The van der Waals surface area contributed by atoms with Gasteiger partial charge in [0.15, 0.2) is 15.7 Å². The van der Waals surface area contributed by atoms with Crippen LogP contribution in [0.5, 0.6) is 17.2 Å². The number of carbonyl (C=O) groups is 1. The highest BCUT2D eigenvalue weighted by Crippen LogP contribution is 2.44. The first-order chi connectivity index (χ1) is 31.1. The van der Waals surface area contributed by atoms with Crippen LogP contribution < -0.4 is 14.2 Å².